The van der Waals surface area contributed by atoms with Crippen LogP contribution in [0.5, 0.6) is 0 Å². The van der Waals surface area contributed by atoms with Crippen LogP contribution >= 0.6 is 0 Å². The Morgan fingerprint density at radius 2 is 2.21 bits per heavy atom. The molecule has 1 heterocycles. The molecule has 0 aliphatic heterocycles. The first kappa shape index (κ1) is 10.6. The van der Waals surface area contributed by atoms with Crippen LogP contribution in [0.15, 0.2) is 6.33 Å². The number of likely N-dealkylation sites (N-methyl/N-ethyl adjacent to an activating group) is 1. The summed E-state index contributed by atoms with van der Waals surface area (Å²) in [6.07, 6.45) is 1.40. The SMILES string of the molecule is CC(CN(C)C)Nc1ncnc(N)n1. The van der Waals surface area contributed by atoms with E-state index in [4.69, 9.17) is 5.73 Å². The Bertz CT molecular complexity index is 287. The summed E-state index contributed by atoms with van der Waals surface area (Å²) in [6.45, 7) is 2.96. The van der Waals surface area contributed by atoms with Gasteiger partial charge in [0.2, 0.25) is 11.9 Å². The molecule has 0 aromatic carbocycles. The van der Waals surface area contributed by atoms with Gasteiger partial charge in [0.25, 0.3) is 0 Å². The van der Waals surface area contributed by atoms with Crippen molar-refractivity contribution in [3.8, 4) is 0 Å². The monoisotopic (exact) mass is 196 g/mol. The van der Waals surface area contributed by atoms with Crippen molar-refractivity contribution >= 4 is 11.9 Å². The van der Waals surface area contributed by atoms with Crippen molar-refractivity contribution < 1.29 is 0 Å². The third kappa shape index (κ3) is 3.53. The largest absolute Gasteiger partial charge is 0.368 e. The topological polar surface area (TPSA) is 80.0 Å². The lowest BCUT2D eigenvalue weighted by atomic mass is 10.3. The first-order valence-corrected chi connectivity index (χ1v) is 4.43. The van der Waals surface area contributed by atoms with E-state index in [0.29, 0.717) is 5.95 Å². The molecule has 14 heavy (non-hydrogen) atoms. The second-order valence-electron chi connectivity index (χ2n) is 3.47. The smallest absolute Gasteiger partial charge is 0.227 e. The zero-order valence-electron chi connectivity index (χ0n) is 8.73. The Morgan fingerprint density at radius 1 is 1.50 bits per heavy atom. The zero-order valence-corrected chi connectivity index (χ0v) is 8.73. The lowest BCUT2D eigenvalue weighted by Gasteiger charge is -2.17. The molecule has 0 aliphatic rings. The molecule has 6 heteroatoms. The lowest BCUT2D eigenvalue weighted by molar-refractivity contribution is 0.391. The van der Waals surface area contributed by atoms with E-state index in [1.54, 1.807) is 0 Å². The van der Waals surface area contributed by atoms with Crippen LogP contribution in [0.25, 0.3) is 0 Å². The van der Waals surface area contributed by atoms with Gasteiger partial charge in [-0.05, 0) is 21.0 Å². The molecule has 1 rings (SSSR count). The number of nitrogens with two attached hydrogens (primary N) is 1. The highest BCUT2D eigenvalue weighted by Gasteiger charge is 2.05. The quantitative estimate of drug-likeness (QED) is 0.695. The van der Waals surface area contributed by atoms with Crippen molar-refractivity contribution in [3.05, 3.63) is 6.33 Å². The normalized spacial score (nSPS) is 12.9. The molecule has 0 saturated heterocycles. The van der Waals surface area contributed by atoms with Gasteiger partial charge < -0.3 is 16.0 Å². The average Bonchev–Trinajstić information content (AvgIpc) is 2.01. The van der Waals surface area contributed by atoms with E-state index in [1.165, 1.54) is 6.33 Å². The molecule has 0 amide bonds. The number of hydrogen-bond acceptors (Lipinski definition) is 6. The van der Waals surface area contributed by atoms with E-state index in [2.05, 4.69) is 32.1 Å². The Balaban J connectivity index is 2.51. The van der Waals surface area contributed by atoms with Gasteiger partial charge in [-0.25, -0.2) is 9.97 Å². The van der Waals surface area contributed by atoms with Crippen molar-refractivity contribution in [2.45, 2.75) is 13.0 Å². The Kier molecular flexibility index (Phi) is 3.58. The van der Waals surface area contributed by atoms with Gasteiger partial charge in [0, 0.05) is 12.6 Å². The molecule has 0 radical (unpaired) electrons. The van der Waals surface area contributed by atoms with Crippen LogP contribution in [0.1, 0.15) is 6.92 Å². The summed E-state index contributed by atoms with van der Waals surface area (Å²) >= 11 is 0. The molecule has 0 aliphatic carbocycles. The molecular formula is C8H16N6. The first-order chi connectivity index (χ1) is 6.58. The van der Waals surface area contributed by atoms with Crippen LogP contribution in [-0.2, 0) is 0 Å². The summed E-state index contributed by atoms with van der Waals surface area (Å²) in [6, 6.07) is 0.270. The summed E-state index contributed by atoms with van der Waals surface area (Å²) in [4.78, 5) is 13.7. The zero-order chi connectivity index (χ0) is 10.6. The number of anilines is 2. The molecule has 1 atom stereocenters. The van der Waals surface area contributed by atoms with E-state index in [0.717, 1.165) is 6.54 Å². The Hall–Kier alpha value is -1.43. The lowest BCUT2D eigenvalue weighted by Crippen LogP contribution is -2.30. The molecule has 0 spiro atoms. The second-order valence-corrected chi connectivity index (χ2v) is 3.47. The number of nitrogens with one attached hydrogen (secondary N) is 1. The maximum absolute atomic E-state index is 5.42. The highest BCUT2D eigenvalue weighted by molar-refractivity contribution is 5.29. The van der Waals surface area contributed by atoms with Crippen LogP contribution < -0.4 is 11.1 Å². The maximum atomic E-state index is 5.42. The van der Waals surface area contributed by atoms with E-state index in [9.17, 15) is 0 Å². The summed E-state index contributed by atoms with van der Waals surface area (Å²) in [5, 5.41) is 3.13. The highest BCUT2D eigenvalue weighted by atomic mass is 15.2. The number of aromatic nitrogens is 3. The number of nitrogen functional groups attached to an aromatic ring is 1. The molecule has 1 unspecified atom stereocenters. The summed E-state index contributed by atoms with van der Waals surface area (Å²) in [5.41, 5.74) is 5.42. The molecule has 1 aromatic rings. The fourth-order valence-corrected chi connectivity index (χ4v) is 1.19. The van der Waals surface area contributed by atoms with Crippen LogP contribution in [-0.4, -0.2) is 46.5 Å². The van der Waals surface area contributed by atoms with E-state index < -0.39 is 0 Å². The molecule has 0 bridgehead atoms. The fourth-order valence-electron chi connectivity index (χ4n) is 1.19. The van der Waals surface area contributed by atoms with Gasteiger partial charge >= 0.3 is 0 Å². The predicted molar refractivity (Wildman–Crippen MR) is 55.9 cm³/mol. The number of hydrogen-bond donors (Lipinski definition) is 2. The number of rotatable bonds is 4. The standard InChI is InChI=1S/C8H16N6/c1-6(4-14(2)3)12-8-11-5-10-7(9)13-8/h5-6H,4H2,1-3H3,(H3,9,10,11,12,13). The highest BCUT2D eigenvalue weighted by Crippen LogP contribution is 2.00. The summed E-state index contributed by atoms with van der Waals surface area (Å²) in [7, 11) is 4.03. The minimum absolute atomic E-state index is 0.236. The number of nitrogens with zero attached hydrogens (tertiary/aromatic N) is 4. The van der Waals surface area contributed by atoms with Gasteiger partial charge in [-0.15, -0.1) is 0 Å². The Labute approximate surface area is 83.6 Å². The minimum Gasteiger partial charge on any atom is -0.368 e. The molecule has 0 fully saturated rings. The van der Waals surface area contributed by atoms with E-state index >= 15 is 0 Å². The van der Waals surface area contributed by atoms with E-state index in [-0.39, 0.29) is 12.0 Å². The van der Waals surface area contributed by atoms with Gasteiger partial charge in [0.05, 0.1) is 0 Å². The molecule has 1 aromatic heterocycles. The van der Waals surface area contributed by atoms with Gasteiger partial charge in [0.15, 0.2) is 0 Å². The second kappa shape index (κ2) is 4.71. The summed E-state index contributed by atoms with van der Waals surface area (Å²) in [5.74, 6) is 0.756. The van der Waals surface area contributed by atoms with Crippen molar-refractivity contribution in [2.24, 2.45) is 0 Å². The van der Waals surface area contributed by atoms with Gasteiger partial charge in [-0.3, -0.25) is 0 Å². The van der Waals surface area contributed by atoms with Crippen LogP contribution in [0.3, 0.4) is 0 Å². The maximum Gasteiger partial charge on any atom is 0.227 e. The van der Waals surface area contributed by atoms with Crippen molar-refractivity contribution in [1.29, 1.82) is 0 Å². The minimum atomic E-state index is 0.236. The molecule has 0 saturated carbocycles. The Morgan fingerprint density at radius 3 is 2.79 bits per heavy atom. The molecular weight excluding hydrogens is 180 g/mol. The van der Waals surface area contributed by atoms with Crippen LogP contribution in [0, 0.1) is 0 Å². The van der Waals surface area contributed by atoms with Crippen molar-refractivity contribution in [1.82, 2.24) is 19.9 Å². The molecule has 3 N–H and O–H groups in total. The van der Waals surface area contributed by atoms with Crippen molar-refractivity contribution in [3.63, 3.8) is 0 Å². The average molecular weight is 196 g/mol. The molecule has 6 nitrogen and oxygen atoms in total. The van der Waals surface area contributed by atoms with Gasteiger partial charge in [-0.2, -0.15) is 4.98 Å². The predicted octanol–water partition coefficient (Wildman–Crippen LogP) is -0.184. The fraction of sp³-hybridized carbons (Fsp3) is 0.625. The van der Waals surface area contributed by atoms with Gasteiger partial charge in [0.1, 0.15) is 6.33 Å². The summed E-state index contributed by atoms with van der Waals surface area (Å²) < 4.78 is 0. The van der Waals surface area contributed by atoms with Crippen LogP contribution in [0.4, 0.5) is 11.9 Å². The van der Waals surface area contributed by atoms with Gasteiger partial charge in [-0.1, -0.05) is 0 Å². The third-order valence-electron chi connectivity index (χ3n) is 1.60. The molecule has 78 valence electrons. The van der Waals surface area contributed by atoms with Crippen LogP contribution in [0.2, 0.25) is 0 Å². The first-order valence-electron chi connectivity index (χ1n) is 4.43. The van der Waals surface area contributed by atoms with Crippen molar-refractivity contribution in [2.75, 3.05) is 31.7 Å². The third-order valence-corrected chi connectivity index (χ3v) is 1.60. The van der Waals surface area contributed by atoms with E-state index in [1.807, 2.05) is 14.1 Å².